The largest absolute Gasteiger partial charge is 0.493 e. The van der Waals surface area contributed by atoms with Crippen molar-refractivity contribution >= 4 is 17.7 Å². The summed E-state index contributed by atoms with van der Waals surface area (Å²) in [6.07, 6.45) is 1.49. The lowest BCUT2D eigenvalue weighted by Gasteiger charge is -2.12. The first-order valence-corrected chi connectivity index (χ1v) is 9.96. The van der Waals surface area contributed by atoms with Crippen molar-refractivity contribution in [3.8, 4) is 17.6 Å². The quantitative estimate of drug-likeness (QED) is 0.393. The molecule has 6 heteroatoms. The van der Waals surface area contributed by atoms with Gasteiger partial charge in [-0.2, -0.15) is 5.26 Å². The molecule has 0 aliphatic carbocycles. The van der Waals surface area contributed by atoms with Crippen molar-refractivity contribution < 1.29 is 18.7 Å². The molecule has 0 aliphatic rings. The summed E-state index contributed by atoms with van der Waals surface area (Å²) in [5, 5.41) is 12.3. The van der Waals surface area contributed by atoms with Crippen LogP contribution >= 0.6 is 0 Å². The van der Waals surface area contributed by atoms with Gasteiger partial charge in [0.15, 0.2) is 11.5 Å². The first-order chi connectivity index (χ1) is 15.4. The number of rotatable bonds is 7. The lowest BCUT2D eigenvalue weighted by atomic mass is 10.1. The number of nitriles is 1. The molecular formula is C26H23FN2O3. The summed E-state index contributed by atoms with van der Waals surface area (Å²) in [7, 11) is 1.51. The van der Waals surface area contributed by atoms with E-state index in [0.29, 0.717) is 22.7 Å². The number of carbonyl (C=O) groups excluding carboxylic acids is 1. The van der Waals surface area contributed by atoms with Gasteiger partial charge in [-0.05, 0) is 72.5 Å². The van der Waals surface area contributed by atoms with Crippen LogP contribution in [0, 0.1) is 31.0 Å². The number of benzene rings is 3. The number of aryl methyl sites for hydroxylation is 1. The van der Waals surface area contributed by atoms with Gasteiger partial charge in [-0.1, -0.05) is 30.3 Å². The molecule has 0 radical (unpaired) electrons. The highest BCUT2D eigenvalue weighted by Gasteiger charge is 2.13. The Balaban J connectivity index is 1.77. The van der Waals surface area contributed by atoms with Gasteiger partial charge >= 0.3 is 0 Å². The van der Waals surface area contributed by atoms with Gasteiger partial charge in [-0.15, -0.1) is 0 Å². The van der Waals surface area contributed by atoms with E-state index >= 15 is 0 Å². The zero-order valence-corrected chi connectivity index (χ0v) is 18.1. The minimum Gasteiger partial charge on any atom is -0.493 e. The molecule has 0 unspecified atom stereocenters. The molecule has 0 saturated carbocycles. The maximum atomic E-state index is 13.0. The molecule has 1 amide bonds. The van der Waals surface area contributed by atoms with E-state index < -0.39 is 5.91 Å². The summed E-state index contributed by atoms with van der Waals surface area (Å²) >= 11 is 0. The molecule has 0 saturated heterocycles. The molecule has 5 nitrogen and oxygen atoms in total. The Bertz CT molecular complexity index is 1190. The van der Waals surface area contributed by atoms with Crippen molar-refractivity contribution in [3.63, 3.8) is 0 Å². The molecule has 3 aromatic rings. The number of hydrogen-bond acceptors (Lipinski definition) is 4. The zero-order chi connectivity index (χ0) is 23.1. The van der Waals surface area contributed by atoms with Gasteiger partial charge in [0.25, 0.3) is 5.91 Å². The van der Waals surface area contributed by atoms with Gasteiger partial charge < -0.3 is 14.8 Å². The second-order valence-electron chi connectivity index (χ2n) is 7.20. The van der Waals surface area contributed by atoms with Crippen LogP contribution in [0.1, 0.15) is 22.3 Å². The number of hydrogen-bond donors (Lipinski definition) is 1. The summed E-state index contributed by atoms with van der Waals surface area (Å²) in [6.45, 7) is 4.11. The molecule has 0 fully saturated rings. The summed E-state index contributed by atoms with van der Waals surface area (Å²) in [4.78, 5) is 12.6. The Hall–Kier alpha value is -4.11. The van der Waals surface area contributed by atoms with Crippen LogP contribution in [0.15, 0.2) is 66.2 Å². The summed E-state index contributed by atoms with van der Waals surface area (Å²) in [5.74, 6) is 0.148. The topological polar surface area (TPSA) is 71.3 Å². The number of amides is 1. The van der Waals surface area contributed by atoms with E-state index in [1.165, 1.54) is 25.3 Å². The van der Waals surface area contributed by atoms with Gasteiger partial charge in [0, 0.05) is 5.69 Å². The van der Waals surface area contributed by atoms with E-state index in [1.807, 2.05) is 32.0 Å². The minimum absolute atomic E-state index is 0.0343. The van der Waals surface area contributed by atoms with Crippen LogP contribution in [0.4, 0.5) is 10.1 Å². The second-order valence-corrected chi connectivity index (χ2v) is 7.20. The van der Waals surface area contributed by atoms with Crippen molar-refractivity contribution in [3.05, 3.63) is 94.3 Å². The Labute approximate surface area is 186 Å². The molecule has 3 aromatic carbocycles. The zero-order valence-electron chi connectivity index (χ0n) is 18.1. The lowest BCUT2D eigenvalue weighted by Crippen LogP contribution is -2.14. The van der Waals surface area contributed by atoms with Crippen LogP contribution in [0.25, 0.3) is 6.08 Å². The fraction of sp³-hybridized carbons (Fsp3) is 0.154. The SMILES string of the molecule is COc1cc(/C=C(\C#N)C(=O)Nc2cccc(C)c2C)ccc1OCc1ccc(F)cc1. The number of nitrogens with zero attached hydrogens (tertiary/aromatic N) is 1. The normalized spacial score (nSPS) is 10.9. The minimum atomic E-state index is -0.489. The highest BCUT2D eigenvalue weighted by atomic mass is 19.1. The monoisotopic (exact) mass is 430 g/mol. The lowest BCUT2D eigenvalue weighted by molar-refractivity contribution is -0.112. The summed E-state index contributed by atoms with van der Waals surface area (Å²) in [6, 6.07) is 18.7. The first-order valence-electron chi connectivity index (χ1n) is 9.96. The van der Waals surface area contributed by atoms with Crippen LogP contribution in [0.5, 0.6) is 11.5 Å². The highest BCUT2D eigenvalue weighted by molar-refractivity contribution is 6.10. The highest BCUT2D eigenvalue weighted by Crippen LogP contribution is 2.30. The molecule has 0 heterocycles. The predicted octanol–water partition coefficient (Wildman–Crippen LogP) is 5.58. The average molecular weight is 430 g/mol. The Kier molecular flexibility index (Phi) is 7.25. The van der Waals surface area contributed by atoms with E-state index in [2.05, 4.69) is 5.32 Å². The molecule has 0 aromatic heterocycles. The predicted molar refractivity (Wildman–Crippen MR) is 122 cm³/mol. The smallest absolute Gasteiger partial charge is 0.266 e. The van der Waals surface area contributed by atoms with Crippen molar-refractivity contribution in [2.24, 2.45) is 0 Å². The van der Waals surface area contributed by atoms with E-state index in [1.54, 1.807) is 36.4 Å². The van der Waals surface area contributed by atoms with E-state index in [0.717, 1.165) is 16.7 Å². The first kappa shape index (κ1) is 22.6. The molecule has 0 bridgehead atoms. The van der Waals surface area contributed by atoms with Gasteiger partial charge in [-0.3, -0.25) is 4.79 Å². The molecule has 0 aliphatic heterocycles. The van der Waals surface area contributed by atoms with E-state index in [4.69, 9.17) is 9.47 Å². The Morgan fingerprint density at radius 3 is 2.53 bits per heavy atom. The summed E-state index contributed by atoms with van der Waals surface area (Å²) < 4.78 is 24.2. The van der Waals surface area contributed by atoms with E-state index in [9.17, 15) is 14.4 Å². The van der Waals surface area contributed by atoms with Crippen LogP contribution in [0.3, 0.4) is 0 Å². The Morgan fingerprint density at radius 2 is 1.84 bits per heavy atom. The van der Waals surface area contributed by atoms with Gasteiger partial charge in [-0.25, -0.2) is 4.39 Å². The van der Waals surface area contributed by atoms with Gasteiger partial charge in [0.05, 0.1) is 7.11 Å². The molecule has 162 valence electrons. The van der Waals surface area contributed by atoms with Crippen molar-refractivity contribution in [1.29, 1.82) is 5.26 Å². The fourth-order valence-corrected chi connectivity index (χ4v) is 3.03. The van der Waals surface area contributed by atoms with Crippen LogP contribution in [-0.2, 0) is 11.4 Å². The maximum absolute atomic E-state index is 13.0. The number of carbonyl (C=O) groups is 1. The third-order valence-corrected chi connectivity index (χ3v) is 5.02. The molecule has 0 atom stereocenters. The number of anilines is 1. The molecule has 3 rings (SSSR count). The molecular weight excluding hydrogens is 407 g/mol. The molecule has 1 N–H and O–H groups in total. The standard InChI is InChI=1S/C26H23FN2O3/c1-17-5-4-6-23(18(17)2)29-26(30)21(15-28)13-20-9-12-24(25(14-20)31-3)32-16-19-7-10-22(27)11-8-19/h4-14H,16H2,1-3H3,(H,29,30)/b21-13+. The maximum Gasteiger partial charge on any atom is 0.266 e. The fourth-order valence-electron chi connectivity index (χ4n) is 3.03. The third-order valence-electron chi connectivity index (χ3n) is 5.02. The van der Waals surface area contributed by atoms with Gasteiger partial charge in [0.1, 0.15) is 24.1 Å². The van der Waals surface area contributed by atoms with E-state index in [-0.39, 0.29) is 18.0 Å². The van der Waals surface area contributed by atoms with Crippen LogP contribution < -0.4 is 14.8 Å². The van der Waals surface area contributed by atoms with Gasteiger partial charge in [0.2, 0.25) is 0 Å². The van der Waals surface area contributed by atoms with Crippen LogP contribution in [0.2, 0.25) is 0 Å². The number of methoxy groups -OCH3 is 1. The third kappa shape index (κ3) is 5.52. The molecule has 0 spiro atoms. The Morgan fingerprint density at radius 1 is 1.09 bits per heavy atom. The average Bonchev–Trinajstić information content (AvgIpc) is 2.80. The van der Waals surface area contributed by atoms with Crippen LogP contribution in [-0.4, -0.2) is 13.0 Å². The number of halogens is 1. The number of nitrogens with one attached hydrogen (secondary N) is 1. The van der Waals surface area contributed by atoms with Crippen molar-refractivity contribution in [2.45, 2.75) is 20.5 Å². The number of ether oxygens (including phenoxy) is 2. The second kappa shape index (κ2) is 10.3. The van der Waals surface area contributed by atoms with Crippen molar-refractivity contribution in [1.82, 2.24) is 0 Å². The summed E-state index contributed by atoms with van der Waals surface area (Å²) in [5.41, 5.74) is 4.05. The van der Waals surface area contributed by atoms with Crippen molar-refractivity contribution in [2.75, 3.05) is 12.4 Å². The molecule has 32 heavy (non-hydrogen) atoms.